The lowest BCUT2D eigenvalue weighted by molar-refractivity contribution is -0.248. The molecule has 8 aromatic carbocycles. The second-order valence-electron chi connectivity index (χ2n) is 61.7. The fourth-order valence-corrected chi connectivity index (χ4v) is 20.4. The molecule has 4 N–H and O–H groups in total. The molecule has 0 unspecified atom stereocenters. The van der Waals surface area contributed by atoms with Crippen molar-refractivity contribution in [3.8, 4) is 0 Å². The van der Waals surface area contributed by atoms with Crippen molar-refractivity contribution < 1.29 is 39.4 Å². The highest BCUT2D eigenvalue weighted by Crippen LogP contribution is 2.61. The van der Waals surface area contributed by atoms with Crippen LogP contribution in [0.5, 0.6) is 0 Å². The first-order chi connectivity index (χ1) is 63.2. The lowest BCUT2D eigenvalue weighted by Crippen LogP contribution is -2.55. The molecule has 2 aliphatic heterocycles. The number of aliphatic hydroxyl groups is 4. The van der Waals surface area contributed by atoms with E-state index < -0.39 is 58.4 Å². The summed E-state index contributed by atoms with van der Waals surface area (Å²) in [6.07, 6.45) is -4.57. The highest BCUT2D eigenvalue weighted by atomic mass is 16.8. The summed E-state index contributed by atoms with van der Waals surface area (Å²) in [5.41, 5.74) is 11.9. The molecule has 2 aliphatic rings. The molecule has 0 saturated carbocycles. The highest BCUT2D eigenvalue weighted by Gasteiger charge is 2.68. The summed E-state index contributed by atoms with van der Waals surface area (Å²) in [5.74, 6) is -3.11. The highest BCUT2D eigenvalue weighted by molar-refractivity contribution is 5.58. The van der Waals surface area contributed by atoms with Crippen molar-refractivity contribution in [2.45, 2.75) is 533 Å². The zero-order chi connectivity index (χ0) is 109. The Morgan fingerprint density at radius 2 is 0.204 bits per heavy atom. The summed E-state index contributed by atoms with van der Waals surface area (Å²) in [6.45, 7) is 125. The van der Waals surface area contributed by atoms with Crippen molar-refractivity contribution in [3.05, 3.63) is 279 Å². The van der Waals surface area contributed by atoms with Crippen LogP contribution >= 0.6 is 0 Å². The summed E-state index contributed by atoms with van der Waals surface area (Å²) in [7, 11) is 0. The van der Waals surface area contributed by atoms with Gasteiger partial charge in [0.2, 0.25) is 0 Å². The molecule has 8 nitrogen and oxygen atoms in total. The van der Waals surface area contributed by atoms with E-state index in [0.29, 0.717) is 0 Å². The second-order valence-corrected chi connectivity index (χ2v) is 61.7. The number of ether oxygens (including phenoxy) is 4. The van der Waals surface area contributed by atoms with Gasteiger partial charge in [0.05, 0.1) is 0 Å². The Kier molecular flexibility index (Phi) is 32.2. The minimum absolute atomic E-state index is 0.169. The normalized spacial score (nSPS) is 18.3. The lowest BCUT2D eigenvalue weighted by Gasteiger charge is -2.45. The fraction of sp³-hybridized carbons (Fsp3) is 0.642. The van der Waals surface area contributed by atoms with E-state index in [2.05, 4.69) is 533 Å². The van der Waals surface area contributed by atoms with Gasteiger partial charge in [0.25, 0.3) is 0 Å². The molecule has 2 saturated heterocycles. The Morgan fingerprint density at radius 1 is 0.141 bits per heavy atom. The third-order valence-corrected chi connectivity index (χ3v) is 31.5. The van der Waals surface area contributed by atoms with Crippen molar-refractivity contribution in [1.82, 2.24) is 0 Å². The Balaban J connectivity index is 0.000000317. The molecule has 0 spiro atoms. The Hall–Kier alpha value is -6.56. The van der Waals surface area contributed by atoms with Crippen LogP contribution in [0.2, 0.25) is 0 Å². The van der Waals surface area contributed by atoms with Gasteiger partial charge in [0.1, 0.15) is 46.8 Å². The zero-order valence-electron chi connectivity index (χ0n) is 101. The first kappa shape index (κ1) is 119. The molecule has 0 aliphatic carbocycles. The average molecular weight is 1940 g/mol. The first-order valence-electron chi connectivity index (χ1n) is 54.1. The van der Waals surface area contributed by atoms with Crippen molar-refractivity contribution >= 4 is 0 Å². The molecule has 2 heterocycles. The van der Waals surface area contributed by atoms with Gasteiger partial charge in [-0.15, -0.1) is 0 Å². The summed E-state index contributed by atoms with van der Waals surface area (Å²) in [6, 6.07) is 54.0. The number of benzene rings is 8. The predicted molar refractivity (Wildman–Crippen MR) is 607 cm³/mol. The van der Waals surface area contributed by atoms with E-state index in [0.717, 1.165) is 134 Å². The molecule has 2 fully saturated rings. The molecule has 0 aromatic heterocycles. The number of hydrogen-bond donors (Lipinski definition) is 4. The maximum atomic E-state index is 15.3. The van der Waals surface area contributed by atoms with Gasteiger partial charge < -0.3 is 39.4 Å². The molecule has 8 heteroatoms. The van der Waals surface area contributed by atoms with Crippen LogP contribution in [0.1, 0.15) is 521 Å². The van der Waals surface area contributed by atoms with E-state index >= 15 is 20.4 Å². The van der Waals surface area contributed by atoms with Gasteiger partial charge in [-0.2, -0.15) is 0 Å². The summed E-state index contributed by atoms with van der Waals surface area (Å²) in [4.78, 5) is 0. The molecule has 788 valence electrons. The topological polar surface area (TPSA) is 118 Å². The quantitative estimate of drug-likeness (QED) is 0.0756. The average Bonchev–Trinajstić information content (AvgIpc) is 1.53. The van der Waals surface area contributed by atoms with Gasteiger partial charge >= 0.3 is 0 Å². The van der Waals surface area contributed by atoms with Gasteiger partial charge in [-0.25, -0.2) is 0 Å². The molecule has 4 atom stereocenters. The van der Waals surface area contributed by atoms with Crippen LogP contribution < -0.4 is 0 Å². The third kappa shape index (κ3) is 24.4. The first-order valence-corrected chi connectivity index (χ1v) is 54.1. The minimum atomic E-state index is -1.88. The predicted octanol–water partition coefficient (Wildman–Crippen LogP) is 34.1. The van der Waals surface area contributed by atoms with E-state index in [1.807, 2.05) is 0 Å². The maximum absolute atomic E-state index is 15.3. The zero-order valence-corrected chi connectivity index (χ0v) is 101. The standard InChI is InChI=1S/2C67H102O4/c2*1-41(2)67(42(3)4)70-55(65(68,51-33-43(57(5,6)7)29-44(34-51)58(8,9)10)52-35-45(59(11,12)13)30-46(36-52)60(14,15)16)56(71-67)66(69,53-37-47(61(17,18)19)31-48(38-53)62(20,21)22)54-39-49(63(23,24)25)32-50(40-54)64(26,27)28/h2*29-42,55-56,68-69H,1-28H3/t2*55-,56-/m11/s1. The van der Waals surface area contributed by atoms with Crippen LogP contribution in [0.3, 0.4) is 0 Å². The molecule has 142 heavy (non-hydrogen) atoms. The van der Waals surface area contributed by atoms with Crippen molar-refractivity contribution in [3.63, 3.8) is 0 Å². The number of hydrogen-bond acceptors (Lipinski definition) is 8. The van der Waals surface area contributed by atoms with E-state index in [-0.39, 0.29) is 110 Å². The second kappa shape index (κ2) is 38.5. The monoisotopic (exact) mass is 1940 g/mol. The van der Waals surface area contributed by atoms with E-state index in [9.17, 15) is 0 Å². The molecular formula is C134H204O8. The van der Waals surface area contributed by atoms with Gasteiger partial charge in [0, 0.05) is 23.7 Å². The summed E-state index contributed by atoms with van der Waals surface area (Å²) >= 11 is 0. The van der Waals surface area contributed by atoms with Crippen LogP contribution in [-0.4, -0.2) is 56.4 Å². The van der Waals surface area contributed by atoms with Gasteiger partial charge in [-0.05, 0) is 220 Å². The van der Waals surface area contributed by atoms with E-state index in [1.165, 1.54) is 0 Å². The van der Waals surface area contributed by atoms with Crippen molar-refractivity contribution in [2.75, 3.05) is 0 Å². The maximum Gasteiger partial charge on any atom is 0.174 e. The smallest absolute Gasteiger partial charge is 0.174 e. The minimum Gasteiger partial charge on any atom is -0.378 e. The van der Waals surface area contributed by atoms with Gasteiger partial charge in [0.15, 0.2) is 11.6 Å². The Morgan fingerprint density at radius 3 is 0.261 bits per heavy atom. The lowest BCUT2D eigenvalue weighted by atomic mass is 9.67. The third-order valence-electron chi connectivity index (χ3n) is 31.5. The number of rotatable bonds is 16. The fourth-order valence-electron chi connectivity index (χ4n) is 20.4. The van der Waals surface area contributed by atoms with Crippen molar-refractivity contribution in [2.24, 2.45) is 23.7 Å². The largest absolute Gasteiger partial charge is 0.378 e. The van der Waals surface area contributed by atoms with Crippen LogP contribution in [0.25, 0.3) is 0 Å². The Labute approximate surface area is 869 Å². The molecule has 0 bridgehead atoms. The molecule has 10 rings (SSSR count). The molecular weight excluding hydrogens is 1740 g/mol. The van der Waals surface area contributed by atoms with Gasteiger partial charge in [-0.3, -0.25) is 0 Å². The van der Waals surface area contributed by atoms with E-state index in [4.69, 9.17) is 18.9 Å². The summed E-state index contributed by atoms with van der Waals surface area (Å²) < 4.78 is 31.6. The van der Waals surface area contributed by atoms with Gasteiger partial charge in [-0.1, -0.05) is 533 Å². The van der Waals surface area contributed by atoms with Crippen LogP contribution in [0.15, 0.2) is 146 Å². The van der Waals surface area contributed by atoms with Crippen molar-refractivity contribution in [1.29, 1.82) is 0 Å². The van der Waals surface area contributed by atoms with E-state index in [1.54, 1.807) is 0 Å². The molecule has 0 radical (unpaired) electrons. The molecule has 0 amide bonds. The molecule has 8 aromatic rings. The SMILES string of the molecule is CC(C)C1(C(C)C)O[C@@H](C(O)(c2cc(C(C)(C)C)cc(C(C)(C)C)c2)c2cc(C(C)(C)C)cc(C(C)(C)C)c2)[C@H](C(O)(c2cc(C(C)(C)C)cc(C(C)(C)C)c2)c2cc(C(C)(C)C)cc(C(C)(C)C)c2)O1.CC(C)C1(C(C)C)O[C@@H](C(O)(c2cc(C(C)(C)C)cc(C(C)(C)C)c2)c2cc(C(C)(C)C)cc(C(C)(C)C)c2)[C@H](C(O)(c2cc(C(C)(C)C)cc(C(C)(C)C)c2)c2cc(C(C)(C)C)cc(C(C)(C)C)c2)O1. The van der Waals surface area contributed by atoms with Crippen LogP contribution in [0, 0.1) is 23.7 Å². The van der Waals surface area contributed by atoms with Crippen LogP contribution in [-0.2, 0) is 128 Å². The summed E-state index contributed by atoms with van der Waals surface area (Å²) in [5, 5.41) is 61.0. The van der Waals surface area contributed by atoms with Crippen LogP contribution in [0.4, 0.5) is 0 Å². The Bertz CT molecular complexity index is 4530.